The van der Waals surface area contributed by atoms with Gasteiger partial charge in [-0.25, -0.2) is 19.6 Å². The van der Waals surface area contributed by atoms with Crippen LogP contribution in [0.3, 0.4) is 0 Å². The second-order valence-electron chi connectivity index (χ2n) is 15.3. The summed E-state index contributed by atoms with van der Waals surface area (Å²) in [6.07, 6.45) is 8.05. The van der Waals surface area contributed by atoms with Gasteiger partial charge in [-0.15, -0.1) is 0 Å². The summed E-state index contributed by atoms with van der Waals surface area (Å²) in [5.74, 6) is 0.145. The highest BCUT2D eigenvalue weighted by Gasteiger charge is 2.42. The molecule has 2 aromatic heterocycles. The van der Waals surface area contributed by atoms with Crippen molar-refractivity contribution >= 4 is 24.0 Å². The van der Waals surface area contributed by atoms with E-state index in [1.165, 1.54) is 7.11 Å². The van der Waals surface area contributed by atoms with Gasteiger partial charge in [0, 0.05) is 44.4 Å². The molecule has 6 rings (SSSR count). The Morgan fingerprint density at radius 2 is 1.39 bits per heavy atom. The molecule has 4 N–H and O–H groups in total. The Labute approximate surface area is 340 Å². The third-order valence-corrected chi connectivity index (χ3v) is 11.1. The molecule has 0 bridgehead atoms. The smallest absolute Gasteiger partial charge is 0.411 e. The van der Waals surface area contributed by atoms with Crippen LogP contribution in [0.2, 0.25) is 0 Å². The summed E-state index contributed by atoms with van der Waals surface area (Å²) in [7, 11) is 2.38. The quantitative estimate of drug-likeness (QED) is 0.117. The van der Waals surface area contributed by atoms with E-state index in [2.05, 4.69) is 57.0 Å². The van der Waals surface area contributed by atoms with Crippen molar-refractivity contribution in [3.05, 3.63) is 95.6 Å². The minimum Gasteiger partial charge on any atom is -0.453 e. The van der Waals surface area contributed by atoms with Gasteiger partial charge < -0.3 is 44.6 Å². The Balaban J connectivity index is 1.29. The number of imidazole rings is 2. The normalized spacial score (nSPS) is 22.7. The zero-order chi connectivity index (χ0) is 42.3. The number of carbonyl (C=O) groups is 4. The van der Waals surface area contributed by atoms with Gasteiger partial charge in [-0.2, -0.15) is 13.2 Å². The lowest BCUT2D eigenvalue weighted by molar-refractivity contribution is -0.174. The standard InChI is InChI=1S/C41H51F3N8O7/c1-25(2)33(50-39(56)58-4)37(54)52-20-9-13-30(52)35-46-23-32(49-35)40(17-14-27(15-18-40)26-10-6-5-7-11-26)31-22-45-34(48-31)29-12-8-19-51(29)36(53)28(47-38(55)57-3)16-21-59-24-41(42,43)44/h5-7,10-11,14-15,17-18,22-23,25,27-30,33H,8-9,12-13,16,19-21,24H2,1-4H3,(H,45,48)(H,46,49)(H,47,55)(H,50,56). The molecule has 15 nitrogen and oxygen atoms in total. The molecule has 2 saturated heterocycles. The van der Waals surface area contributed by atoms with Crippen LogP contribution in [0.15, 0.2) is 67.0 Å². The summed E-state index contributed by atoms with van der Waals surface area (Å²) >= 11 is 0. The molecule has 0 saturated carbocycles. The number of halogens is 3. The molecule has 18 heteroatoms. The maximum Gasteiger partial charge on any atom is 0.411 e. The van der Waals surface area contributed by atoms with E-state index in [4.69, 9.17) is 24.2 Å². The number of methoxy groups -OCH3 is 2. The summed E-state index contributed by atoms with van der Waals surface area (Å²) in [6, 6.07) is 7.14. The molecule has 2 fully saturated rings. The molecule has 3 aromatic rings. The number of alkyl halides is 3. The number of hydrogen-bond acceptors (Lipinski definition) is 9. The number of allylic oxidation sites excluding steroid dienone is 4. The van der Waals surface area contributed by atoms with E-state index in [-0.39, 0.29) is 30.2 Å². The predicted octanol–water partition coefficient (Wildman–Crippen LogP) is 5.73. The lowest BCUT2D eigenvalue weighted by Gasteiger charge is -2.31. The number of H-pyrrole nitrogens is 2. The van der Waals surface area contributed by atoms with Crippen molar-refractivity contribution in [3.8, 4) is 0 Å². The predicted molar refractivity (Wildman–Crippen MR) is 208 cm³/mol. The minimum atomic E-state index is -4.54. The molecular formula is C41H51F3N8O7. The van der Waals surface area contributed by atoms with Gasteiger partial charge in [0.25, 0.3) is 0 Å². The maximum atomic E-state index is 13.9. The molecule has 3 aliphatic rings. The van der Waals surface area contributed by atoms with Crippen LogP contribution in [-0.4, -0.2) is 113 Å². The molecule has 4 amide bonds. The van der Waals surface area contributed by atoms with Gasteiger partial charge in [0.1, 0.15) is 30.3 Å². The molecule has 0 radical (unpaired) electrons. The van der Waals surface area contributed by atoms with Gasteiger partial charge in [0.2, 0.25) is 11.8 Å². The number of nitrogens with zero attached hydrogens (tertiary/aromatic N) is 4. The number of alkyl carbamates (subject to hydrolysis) is 2. The molecule has 1 aromatic carbocycles. The molecule has 2 aliphatic heterocycles. The van der Waals surface area contributed by atoms with Crippen LogP contribution < -0.4 is 10.6 Å². The van der Waals surface area contributed by atoms with Gasteiger partial charge in [-0.3, -0.25) is 9.59 Å². The first-order valence-electron chi connectivity index (χ1n) is 19.7. The Morgan fingerprint density at radius 3 is 1.92 bits per heavy atom. The monoisotopic (exact) mass is 824 g/mol. The van der Waals surface area contributed by atoms with Crippen molar-refractivity contribution < 1.29 is 46.6 Å². The SMILES string of the molecule is COC(=O)NC(CCOCC(F)(F)F)C(=O)N1CCCC1c1ncc(C2(c3cnc(C4CCCN4C(=O)C(NC(=O)OC)C(C)C)[nH]3)C=CC(c3ccccc3)C=C2)[nH]1. The van der Waals surface area contributed by atoms with E-state index in [0.29, 0.717) is 55.4 Å². The van der Waals surface area contributed by atoms with E-state index in [1.807, 2.05) is 32.0 Å². The Morgan fingerprint density at radius 1 is 0.847 bits per heavy atom. The van der Waals surface area contributed by atoms with Gasteiger partial charge >= 0.3 is 18.4 Å². The second-order valence-corrected chi connectivity index (χ2v) is 15.3. The first-order valence-corrected chi connectivity index (χ1v) is 19.7. The fourth-order valence-electron chi connectivity index (χ4n) is 8.02. The minimum absolute atomic E-state index is 0.0189. The van der Waals surface area contributed by atoms with Crippen LogP contribution in [0.4, 0.5) is 22.8 Å². The van der Waals surface area contributed by atoms with Crippen molar-refractivity contribution in [1.82, 2.24) is 40.4 Å². The molecule has 318 valence electrons. The molecule has 4 atom stereocenters. The van der Waals surface area contributed by atoms with Gasteiger partial charge in [-0.05, 0) is 37.2 Å². The van der Waals surface area contributed by atoms with E-state index in [9.17, 15) is 32.3 Å². The van der Waals surface area contributed by atoms with Gasteiger partial charge in [0.15, 0.2) is 0 Å². The molecule has 1 aliphatic carbocycles. The Bertz CT molecular complexity index is 1980. The molecule has 0 spiro atoms. The van der Waals surface area contributed by atoms with Crippen LogP contribution in [0.1, 0.15) is 92.6 Å². The zero-order valence-electron chi connectivity index (χ0n) is 33.5. The summed E-state index contributed by atoms with van der Waals surface area (Å²) in [5.41, 5.74) is 1.55. The zero-order valence-corrected chi connectivity index (χ0v) is 33.5. The van der Waals surface area contributed by atoms with Gasteiger partial charge in [-0.1, -0.05) is 68.5 Å². The maximum absolute atomic E-state index is 13.9. The van der Waals surface area contributed by atoms with Crippen LogP contribution in [-0.2, 0) is 29.2 Å². The summed E-state index contributed by atoms with van der Waals surface area (Å²) in [6.45, 7) is 2.64. The van der Waals surface area contributed by atoms with Crippen LogP contribution in [0, 0.1) is 5.92 Å². The largest absolute Gasteiger partial charge is 0.453 e. The number of amides is 4. The summed E-state index contributed by atoms with van der Waals surface area (Å²) < 4.78 is 52.4. The number of hydrogen-bond donors (Lipinski definition) is 4. The van der Waals surface area contributed by atoms with Crippen molar-refractivity contribution in [2.45, 2.75) is 87.6 Å². The molecular weight excluding hydrogens is 773 g/mol. The fraction of sp³-hybridized carbons (Fsp3) is 0.512. The Kier molecular flexibility index (Phi) is 13.5. The number of likely N-dealkylation sites (tertiary alicyclic amines) is 2. The lowest BCUT2D eigenvalue weighted by atomic mass is 9.75. The van der Waals surface area contributed by atoms with E-state index in [0.717, 1.165) is 19.1 Å². The van der Waals surface area contributed by atoms with Crippen molar-refractivity contribution in [2.75, 3.05) is 40.5 Å². The third-order valence-electron chi connectivity index (χ3n) is 11.1. The van der Waals surface area contributed by atoms with Crippen LogP contribution >= 0.6 is 0 Å². The third kappa shape index (κ3) is 9.80. The van der Waals surface area contributed by atoms with Crippen LogP contribution in [0.5, 0.6) is 0 Å². The topological polar surface area (TPSA) is 184 Å². The number of benzene rings is 1. The first-order chi connectivity index (χ1) is 28.2. The number of ether oxygens (including phenoxy) is 3. The average molecular weight is 825 g/mol. The number of nitrogens with one attached hydrogen (secondary N) is 4. The average Bonchev–Trinajstić information content (AvgIpc) is 4.07. The number of aromatic nitrogens is 4. The number of rotatable bonds is 14. The molecule has 4 unspecified atom stereocenters. The molecule has 4 heterocycles. The number of carbonyl (C=O) groups excluding carboxylic acids is 4. The number of aromatic amines is 2. The van der Waals surface area contributed by atoms with E-state index < -0.39 is 61.0 Å². The first kappa shape index (κ1) is 42.9. The highest BCUT2D eigenvalue weighted by molar-refractivity contribution is 5.87. The highest BCUT2D eigenvalue weighted by atomic mass is 19.4. The molecule has 59 heavy (non-hydrogen) atoms. The van der Waals surface area contributed by atoms with Gasteiger partial charge in [0.05, 0.1) is 43.1 Å². The van der Waals surface area contributed by atoms with E-state index >= 15 is 0 Å². The fourth-order valence-corrected chi connectivity index (χ4v) is 8.02. The van der Waals surface area contributed by atoms with Crippen molar-refractivity contribution in [2.24, 2.45) is 5.92 Å². The van der Waals surface area contributed by atoms with Crippen LogP contribution in [0.25, 0.3) is 0 Å². The van der Waals surface area contributed by atoms with Crippen molar-refractivity contribution in [1.29, 1.82) is 0 Å². The van der Waals surface area contributed by atoms with Crippen molar-refractivity contribution in [3.63, 3.8) is 0 Å². The summed E-state index contributed by atoms with van der Waals surface area (Å²) in [5, 5.41) is 5.13. The highest BCUT2D eigenvalue weighted by Crippen LogP contribution is 2.42. The van der Waals surface area contributed by atoms with E-state index in [1.54, 1.807) is 22.2 Å². The Hall–Kier alpha value is -5.65. The summed E-state index contributed by atoms with van der Waals surface area (Å²) in [4.78, 5) is 72.1. The second kappa shape index (κ2) is 18.5. The lowest BCUT2D eigenvalue weighted by Crippen LogP contribution is -2.51.